The molecule has 1 aromatic carbocycles. The highest BCUT2D eigenvalue weighted by Crippen LogP contribution is 2.28. The minimum absolute atomic E-state index is 0.166. The predicted octanol–water partition coefficient (Wildman–Crippen LogP) is 2.62. The van der Waals surface area contributed by atoms with Crippen molar-refractivity contribution in [1.82, 2.24) is 4.98 Å². The van der Waals surface area contributed by atoms with Crippen molar-refractivity contribution in [3.05, 3.63) is 41.8 Å². The van der Waals surface area contributed by atoms with E-state index in [2.05, 4.69) is 4.98 Å². The number of ether oxygens (including phenoxy) is 1. The lowest BCUT2D eigenvalue weighted by atomic mass is 9.93. The van der Waals surface area contributed by atoms with Gasteiger partial charge in [0.2, 0.25) is 0 Å². The quantitative estimate of drug-likeness (QED) is 0.905. The number of hydrogen-bond donors (Lipinski definition) is 1. The predicted molar refractivity (Wildman–Crippen MR) is 67.8 cm³/mol. The molecule has 1 unspecified atom stereocenters. The number of halogens is 1. The lowest BCUT2D eigenvalue weighted by molar-refractivity contribution is -0.0333. The molecule has 0 aliphatic carbocycles. The van der Waals surface area contributed by atoms with Gasteiger partial charge in [0.25, 0.3) is 0 Å². The van der Waals surface area contributed by atoms with Crippen LogP contribution < -0.4 is 0 Å². The highest BCUT2D eigenvalue weighted by atomic mass is 19.1. The van der Waals surface area contributed by atoms with Crippen molar-refractivity contribution in [2.75, 3.05) is 13.2 Å². The SMILES string of the molecule is CCOCC(C)(O)c1ccnc2ccc(F)cc12. The molecule has 1 N–H and O–H groups in total. The second-order valence-electron chi connectivity index (χ2n) is 4.43. The number of nitrogens with zero attached hydrogens (tertiary/aromatic N) is 1. The van der Waals surface area contributed by atoms with Gasteiger partial charge in [-0.25, -0.2) is 4.39 Å². The maximum absolute atomic E-state index is 13.3. The third-order valence-electron chi connectivity index (χ3n) is 2.87. The van der Waals surface area contributed by atoms with Crippen molar-refractivity contribution in [1.29, 1.82) is 0 Å². The Morgan fingerprint density at radius 3 is 2.89 bits per heavy atom. The van der Waals surface area contributed by atoms with E-state index in [-0.39, 0.29) is 12.4 Å². The van der Waals surface area contributed by atoms with Crippen LogP contribution in [0.25, 0.3) is 10.9 Å². The molecule has 1 aromatic heterocycles. The second-order valence-corrected chi connectivity index (χ2v) is 4.43. The zero-order valence-corrected chi connectivity index (χ0v) is 10.5. The third-order valence-corrected chi connectivity index (χ3v) is 2.87. The average Bonchev–Trinajstić information content (AvgIpc) is 2.35. The van der Waals surface area contributed by atoms with Crippen LogP contribution in [0.2, 0.25) is 0 Å². The van der Waals surface area contributed by atoms with Crippen molar-refractivity contribution < 1.29 is 14.2 Å². The Kier molecular flexibility index (Phi) is 3.59. The number of aliphatic hydroxyl groups is 1. The van der Waals surface area contributed by atoms with Crippen LogP contribution in [0.4, 0.5) is 4.39 Å². The number of rotatable bonds is 4. The molecule has 2 rings (SSSR count). The van der Waals surface area contributed by atoms with Gasteiger partial charge in [-0.1, -0.05) is 0 Å². The minimum Gasteiger partial charge on any atom is -0.383 e. The molecule has 96 valence electrons. The number of hydrogen-bond acceptors (Lipinski definition) is 3. The summed E-state index contributed by atoms with van der Waals surface area (Å²) in [4.78, 5) is 4.16. The summed E-state index contributed by atoms with van der Waals surface area (Å²) in [5, 5.41) is 11.0. The fourth-order valence-corrected chi connectivity index (χ4v) is 1.97. The molecule has 0 radical (unpaired) electrons. The Labute approximate surface area is 105 Å². The highest BCUT2D eigenvalue weighted by molar-refractivity contribution is 5.82. The largest absolute Gasteiger partial charge is 0.383 e. The molecule has 1 atom stereocenters. The van der Waals surface area contributed by atoms with Crippen LogP contribution in [-0.4, -0.2) is 23.3 Å². The van der Waals surface area contributed by atoms with E-state index in [1.807, 2.05) is 6.92 Å². The van der Waals surface area contributed by atoms with E-state index in [4.69, 9.17) is 4.74 Å². The van der Waals surface area contributed by atoms with Gasteiger partial charge in [0, 0.05) is 18.2 Å². The summed E-state index contributed by atoms with van der Waals surface area (Å²) in [5.74, 6) is -0.344. The van der Waals surface area contributed by atoms with E-state index < -0.39 is 5.60 Å². The second kappa shape index (κ2) is 5.00. The number of aromatic nitrogens is 1. The standard InChI is InChI=1S/C14H16FNO2/c1-3-18-9-14(2,17)12-6-7-16-13-5-4-10(15)8-11(12)13/h4-8,17H,3,9H2,1-2H3. The first-order chi connectivity index (χ1) is 8.54. The van der Waals surface area contributed by atoms with Gasteiger partial charge >= 0.3 is 0 Å². The van der Waals surface area contributed by atoms with Gasteiger partial charge in [0.05, 0.1) is 12.1 Å². The number of benzene rings is 1. The lowest BCUT2D eigenvalue weighted by Crippen LogP contribution is -2.28. The Morgan fingerprint density at radius 1 is 1.39 bits per heavy atom. The molecule has 0 bridgehead atoms. The summed E-state index contributed by atoms with van der Waals surface area (Å²) in [5.41, 5.74) is 0.122. The van der Waals surface area contributed by atoms with Gasteiger partial charge in [0.1, 0.15) is 11.4 Å². The summed E-state index contributed by atoms with van der Waals surface area (Å²) in [6.07, 6.45) is 1.61. The Morgan fingerprint density at radius 2 is 2.17 bits per heavy atom. The van der Waals surface area contributed by atoms with Crippen molar-refractivity contribution >= 4 is 10.9 Å². The van der Waals surface area contributed by atoms with Gasteiger partial charge < -0.3 is 9.84 Å². The maximum atomic E-state index is 13.3. The minimum atomic E-state index is -1.16. The lowest BCUT2D eigenvalue weighted by Gasteiger charge is -2.24. The summed E-state index contributed by atoms with van der Waals surface area (Å²) in [6, 6.07) is 6.04. The smallest absolute Gasteiger partial charge is 0.123 e. The molecule has 0 amide bonds. The molecule has 0 saturated carbocycles. The molecule has 0 spiro atoms. The van der Waals surface area contributed by atoms with E-state index in [0.29, 0.717) is 23.1 Å². The fourth-order valence-electron chi connectivity index (χ4n) is 1.97. The first kappa shape index (κ1) is 12.9. The molecule has 0 fully saturated rings. The average molecular weight is 249 g/mol. The van der Waals surface area contributed by atoms with Crippen LogP contribution in [0, 0.1) is 5.82 Å². The topological polar surface area (TPSA) is 42.4 Å². The fraction of sp³-hybridized carbons (Fsp3) is 0.357. The molecule has 0 aliphatic rings. The van der Waals surface area contributed by atoms with Crippen LogP contribution in [0.3, 0.4) is 0 Å². The van der Waals surface area contributed by atoms with E-state index in [9.17, 15) is 9.50 Å². The summed E-state index contributed by atoms with van der Waals surface area (Å²) in [6.45, 7) is 4.20. The van der Waals surface area contributed by atoms with Crippen LogP contribution in [0.5, 0.6) is 0 Å². The van der Waals surface area contributed by atoms with Gasteiger partial charge in [-0.3, -0.25) is 4.98 Å². The van der Waals surface area contributed by atoms with Crippen LogP contribution in [0.15, 0.2) is 30.5 Å². The zero-order valence-electron chi connectivity index (χ0n) is 10.5. The Balaban J connectivity index is 2.52. The molecule has 4 heteroatoms. The van der Waals surface area contributed by atoms with Crippen LogP contribution in [0.1, 0.15) is 19.4 Å². The van der Waals surface area contributed by atoms with Gasteiger partial charge in [0.15, 0.2) is 0 Å². The van der Waals surface area contributed by atoms with Gasteiger partial charge in [-0.15, -0.1) is 0 Å². The molecule has 18 heavy (non-hydrogen) atoms. The van der Waals surface area contributed by atoms with E-state index in [1.165, 1.54) is 12.1 Å². The van der Waals surface area contributed by atoms with Gasteiger partial charge in [-0.05, 0) is 43.7 Å². The van der Waals surface area contributed by atoms with Gasteiger partial charge in [-0.2, -0.15) is 0 Å². The highest BCUT2D eigenvalue weighted by Gasteiger charge is 2.25. The van der Waals surface area contributed by atoms with E-state index >= 15 is 0 Å². The summed E-state index contributed by atoms with van der Waals surface area (Å²) >= 11 is 0. The molecule has 0 aliphatic heterocycles. The first-order valence-electron chi connectivity index (χ1n) is 5.89. The maximum Gasteiger partial charge on any atom is 0.123 e. The van der Waals surface area contributed by atoms with E-state index in [1.54, 1.807) is 25.3 Å². The van der Waals surface area contributed by atoms with Crippen LogP contribution in [-0.2, 0) is 10.3 Å². The number of fused-ring (bicyclic) bond motifs is 1. The summed E-state index contributed by atoms with van der Waals surface area (Å²) in [7, 11) is 0. The van der Waals surface area contributed by atoms with Crippen molar-refractivity contribution in [2.45, 2.75) is 19.4 Å². The van der Waals surface area contributed by atoms with Crippen molar-refractivity contribution in [3.8, 4) is 0 Å². The zero-order chi connectivity index (χ0) is 13.2. The van der Waals surface area contributed by atoms with E-state index in [0.717, 1.165) is 0 Å². The van der Waals surface area contributed by atoms with Crippen molar-refractivity contribution in [3.63, 3.8) is 0 Å². The Hall–Kier alpha value is -1.52. The normalized spacial score (nSPS) is 14.7. The molecular weight excluding hydrogens is 233 g/mol. The third kappa shape index (κ3) is 2.49. The van der Waals surface area contributed by atoms with Crippen molar-refractivity contribution in [2.24, 2.45) is 0 Å². The molecule has 0 saturated heterocycles. The number of pyridine rings is 1. The summed E-state index contributed by atoms with van der Waals surface area (Å²) < 4.78 is 18.6. The van der Waals surface area contributed by atoms with Crippen LogP contribution >= 0.6 is 0 Å². The Bertz CT molecular complexity index is 554. The monoisotopic (exact) mass is 249 g/mol. The molecular formula is C14H16FNO2. The molecule has 3 nitrogen and oxygen atoms in total. The molecule has 1 heterocycles. The molecule has 2 aromatic rings. The first-order valence-corrected chi connectivity index (χ1v) is 5.89.